The molecule has 1 aromatic carbocycles. The molecule has 0 saturated carbocycles. The number of aromatic nitrogens is 2. The summed E-state index contributed by atoms with van der Waals surface area (Å²) in [6.45, 7) is 3.05. The van der Waals surface area contributed by atoms with Gasteiger partial charge in [0.2, 0.25) is 5.91 Å². The molecule has 2 aliphatic rings. The van der Waals surface area contributed by atoms with Crippen LogP contribution in [0.4, 0.5) is 20.6 Å². The first-order valence-corrected chi connectivity index (χ1v) is 10.3. The summed E-state index contributed by atoms with van der Waals surface area (Å²) in [6.07, 6.45) is 0.136. The van der Waals surface area contributed by atoms with Crippen LogP contribution in [0, 0.1) is 5.82 Å². The smallest absolute Gasteiger partial charge is 0.414 e. The van der Waals surface area contributed by atoms with E-state index in [-0.39, 0.29) is 19.0 Å². The summed E-state index contributed by atoms with van der Waals surface area (Å²) in [5.74, 6) is -3.22. The molecule has 2 amide bonds. The van der Waals surface area contributed by atoms with E-state index < -0.39 is 36.4 Å². The molecule has 12 nitrogen and oxygen atoms in total. The lowest BCUT2D eigenvalue weighted by atomic mass is 10.2. The number of aliphatic carboxylic acids is 2. The maximum atomic E-state index is 14.7. The lowest BCUT2D eigenvalue weighted by Gasteiger charge is -2.20. The van der Waals surface area contributed by atoms with E-state index in [1.54, 1.807) is 16.8 Å². The van der Waals surface area contributed by atoms with Crippen molar-refractivity contribution in [3.05, 3.63) is 41.5 Å². The molecule has 0 radical (unpaired) electrons. The van der Waals surface area contributed by atoms with Crippen LogP contribution in [-0.2, 0) is 39.3 Å². The van der Waals surface area contributed by atoms with E-state index in [1.165, 1.54) is 17.9 Å². The summed E-state index contributed by atoms with van der Waals surface area (Å²) in [4.78, 5) is 45.2. The van der Waals surface area contributed by atoms with Crippen LogP contribution in [0.3, 0.4) is 0 Å². The fraction of sp³-hybridized carbons (Fsp3) is 0.381. The number of amides is 2. The SMILES string of the molecule is CC(=O)NC[C@H]1CN(c2ccc(N3Cc4cn(C)nc4C3)c(F)c2)C(=O)O1.O=C(O)CC(=O)O. The molecule has 4 rings (SSSR count). The maximum Gasteiger partial charge on any atom is 0.414 e. The second-order valence-electron chi connectivity index (χ2n) is 7.78. The number of fused-ring (bicyclic) bond motifs is 1. The Morgan fingerprint density at radius 3 is 2.50 bits per heavy atom. The van der Waals surface area contributed by atoms with E-state index in [1.807, 2.05) is 18.1 Å². The minimum absolute atomic E-state index is 0.193. The quantitative estimate of drug-likeness (QED) is 0.519. The molecule has 2 aromatic rings. The van der Waals surface area contributed by atoms with Gasteiger partial charge in [0.15, 0.2) is 0 Å². The largest absolute Gasteiger partial charge is 0.481 e. The number of cyclic esters (lactones) is 1. The highest BCUT2D eigenvalue weighted by Crippen LogP contribution is 2.32. The maximum absolute atomic E-state index is 14.7. The summed E-state index contributed by atoms with van der Waals surface area (Å²) in [7, 11) is 1.87. The fourth-order valence-corrected chi connectivity index (χ4v) is 3.61. The average molecular weight is 477 g/mol. The first-order valence-electron chi connectivity index (χ1n) is 10.3. The van der Waals surface area contributed by atoms with Crippen molar-refractivity contribution in [3.63, 3.8) is 0 Å². The van der Waals surface area contributed by atoms with Crippen molar-refractivity contribution in [2.24, 2.45) is 7.05 Å². The van der Waals surface area contributed by atoms with Crippen LogP contribution in [0.15, 0.2) is 24.4 Å². The van der Waals surface area contributed by atoms with Crippen LogP contribution in [-0.4, -0.2) is 63.1 Å². The van der Waals surface area contributed by atoms with Gasteiger partial charge in [0, 0.05) is 32.3 Å². The summed E-state index contributed by atoms with van der Waals surface area (Å²) < 4.78 is 21.7. The van der Waals surface area contributed by atoms with E-state index in [2.05, 4.69) is 10.4 Å². The van der Waals surface area contributed by atoms with Crippen molar-refractivity contribution in [3.8, 4) is 0 Å². The van der Waals surface area contributed by atoms with Gasteiger partial charge in [-0.3, -0.25) is 24.0 Å². The van der Waals surface area contributed by atoms with Gasteiger partial charge in [-0.1, -0.05) is 0 Å². The number of hydrogen-bond acceptors (Lipinski definition) is 7. The van der Waals surface area contributed by atoms with Crippen molar-refractivity contribution in [2.45, 2.75) is 32.5 Å². The molecule has 0 spiro atoms. The topological polar surface area (TPSA) is 154 Å². The van der Waals surface area contributed by atoms with Crippen LogP contribution in [0.2, 0.25) is 0 Å². The van der Waals surface area contributed by atoms with Gasteiger partial charge in [-0.25, -0.2) is 9.18 Å². The highest BCUT2D eigenvalue weighted by Gasteiger charge is 2.33. The van der Waals surface area contributed by atoms with Crippen LogP contribution < -0.4 is 15.1 Å². The molecule has 1 aromatic heterocycles. The van der Waals surface area contributed by atoms with E-state index >= 15 is 0 Å². The molecule has 3 heterocycles. The molecular formula is C21H24FN5O7. The second-order valence-corrected chi connectivity index (χ2v) is 7.78. The minimum Gasteiger partial charge on any atom is -0.481 e. The second kappa shape index (κ2) is 10.2. The molecule has 1 atom stereocenters. The van der Waals surface area contributed by atoms with Gasteiger partial charge in [0.25, 0.3) is 0 Å². The Hall–Kier alpha value is -4.16. The number of nitrogens with zero attached hydrogens (tertiary/aromatic N) is 4. The summed E-state index contributed by atoms with van der Waals surface area (Å²) in [5, 5.41) is 22.4. The zero-order valence-electron chi connectivity index (χ0n) is 18.5. The number of ether oxygens (including phenoxy) is 1. The molecular weight excluding hydrogens is 453 g/mol. The number of nitrogens with one attached hydrogen (secondary N) is 1. The predicted molar refractivity (Wildman–Crippen MR) is 116 cm³/mol. The first-order chi connectivity index (χ1) is 16.0. The zero-order valence-corrected chi connectivity index (χ0v) is 18.5. The molecule has 0 aliphatic carbocycles. The van der Waals surface area contributed by atoms with Gasteiger partial charge in [0.05, 0.1) is 36.7 Å². The number of rotatable bonds is 6. The van der Waals surface area contributed by atoms with Crippen LogP contribution in [0.25, 0.3) is 0 Å². The highest BCUT2D eigenvalue weighted by atomic mass is 19.1. The number of benzene rings is 1. The third kappa shape index (κ3) is 5.99. The Balaban J connectivity index is 0.000000406. The lowest BCUT2D eigenvalue weighted by Crippen LogP contribution is -2.33. The van der Waals surface area contributed by atoms with Crippen molar-refractivity contribution < 1.29 is 38.5 Å². The molecule has 34 heavy (non-hydrogen) atoms. The van der Waals surface area contributed by atoms with Crippen LogP contribution in [0.5, 0.6) is 0 Å². The van der Waals surface area contributed by atoms with Crippen molar-refractivity contribution in [2.75, 3.05) is 22.9 Å². The molecule has 1 saturated heterocycles. The Kier molecular flexibility index (Phi) is 7.34. The summed E-state index contributed by atoms with van der Waals surface area (Å²) >= 11 is 0. The van der Waals surface area contributed by atoms with E-state index in [4.69, 9.17) is 14.9 Å². The summed E-state index contributed by atoms with van der Waals surface area (Å²) in [5.41, 5.74) is 2.94. The van der Waals surface area contributed by atoms with Crippen molar-refractivity contribution in [1.82, 2.24) is 15.1 Å². The number of carboxylic acid groups (broad SMARTS) is 2. The van der Waals surface area contributed by atoms with Crippen LogP contribution >= 0.6 is 0 Å². The van der Waals surface area contributed by atoms with Gasteiger partial charge in [-0.2, -0.15) is 5.10 Å². The van der Waals surface area contributed by atoms with Crippen molar-refractivity contribution >= 4 is 35.3 Å². The van der Waals surface area contributed by atoms with Gasteiger partial charge >= 0.3 is 18.0 Å². The van der Waals surface area contributed by atoms with Gasteiger partial charge in [-0.15, -0.1) is 0 Å². The van der Waals surface area contributed by atoms with E-state index in [0.29, 0.717) is 24.5 Å². The Bertz CT molecular complexity index is 1080. The minimum atomic E-state index is -1.31. The third-order valence-electron chi connectivity index (χ3n) is 5.03. The number of hydrogen-bond donors (Lipinski definition) is 3. The number of halogens is 1. The van der Waals surface area contributed by atoms with Gasteiger partial charge in [-0.05, 0) is 18.2 Å². The number of aryl methyl sites for hydroxylation is 1. The van der Waals surface area contributed by atoms with Gasteiger partial charge in [0.1, 0.15) is 18.3 Å². The first kappa shape index (κ1) is 24.5. The molecule has 0 unspecified atom stereocenters. The number of carbonyl (C=O) groups excluding carboxylic acids is 2. The number of anilines is 2. The zero-order chi connectivity index (χ0) is 25.0. The normalized spacial score (nSPS) is 16.4. The molecule has 2 aliphatic heterocycles. The number of carbonyl (C=O) groups is 4. The standard InChI is InChI=1S/C18H20FN5O3.C3H4O4/c1-11(25)20-6-14-9-24(18(26)27-14)13-3-4-17(15(19)5-13)23-8-12-7-22(2)21-16(12)10-23;4-2(5)1-3(6)7/h3-5,7,14H,6,8-10H2,1-2H3,(H,20,25);1H2,(H,4,5)(H,6,7)/t14-;/m0./s1. The van der Waals surface area contributed by atoms with Crippen molar-refractivity contribution in [1.29, 1.82) is 0 Å². The third-order valence-corrected chi connectivity index (χ3v) is 5.03. The highest BCUT2D eigenvalue weighted by molar-refractivity contribution is 5.90. The molecule has 182 valence electrons. The Morgan fingerprint density at radius 2 is 1.94 bits per heavy atom. The average Bonchev–Trinajstić information content (AvgIpc) is 3.38. The Morgan fingerprint density at radius 1 is 1.24 bits per heavy atom. The predicted octanol–water partition coefficient (Wildman–Crippen LogP) is 1.09. The fourth-order valence-electron chi connectivity index (χ4n) is 3.61. The lowest BCUT2D eigenvalue weighted by molar-refractivity contribution is -0.147. The molecule has 3 N–H and O–H groups in total. The summed E-state index contributed by atoms with van der Waals surface area (Å²) in [6, 6.07) is 4.72. The van der Waals surface area contributed by atoms with Gasteiger partial charge < -0.3 is 25.2 Å². The number of carboxylic acids is 2. The molecule has 1 fully saturated rings. The molecule has 13 heteroatoms. The monoisotopic (exact) mass is 477 g/mol. The van der Waals surface area contributed by atoms with Crippen LogP contribution in [0.1, 0.15) is 24.6 Å². The van der Waals surface area contributed by atoms with E-state index in [0.717, 1.165) is 11.3 Å². The van der Waals surface area contributed by atoms with E-state index in [9.17, 15) is 23.6 Å². The molecule has 0 bridgehead atoms. The Labute approximate surface area is 193 Å².